The number of aryl methyl sites for hydroxylation is 4. The van der Waals surface area contributed by atoms with Crippen LogP contribution < -0.4 is 10.6 Å². The fourth-order valence-corrected chi connectivity index (χ4v) is 4.70. The molecule has 166 valence electrons. The van der Waals surface area contributed by atoms with E-state index in [1.807, 2.05) is 14.0 Å². The highest BCUT2D eigenvalue weighted by Gasteiger charge is 2.20. The van der Waals surface area contributed by atoms with Crippen LogP contribution in [-0.4, -0.2) is 58.9 Å². The highest BCUT2D eigenvalue weighted by Crippen LogP contribution is 2.19. The zero-order chi connectivity index (χ0) is 21.3. The molecule has 2 aromatic heterocycles. The monoisotopic (exact) mass is 431 g/mol. The van der Waals surface area contributed by atoms with Crippen molar-refractivity contribution in [3.05, 3.63) is 33.5 Å². The van der Waals surface area contributed by atoms with Gasteiger partial charge in [0.15, 0.2) is 5.96 Å². The number of nitrogens with zero attached hydrogens (tertiary/aromatic N) is 5. The Hall–Kier alpha value is -1.93. The summed E-state index contributed by atoms with van der Waals surface area (Å²) in [7, 11) is 1.84. The zero-order valence-corrected chi connectivity index (χ0v) is 19.8. The third kappa shape index (κ3) is 6.80. The highest BCUT2D eigenvalue weighted by atomic mass is 32.1. The van der Waals surface area contributed by atoms with Crippen LogP contribution in [0.3, 0.4) is 0 Å². The second-order valence-electron chi connectivity index (χ2n) is 8.19. The maximum Gasteiger partial charge on any atom is 0.190 e. The SMILES string of the molecule is CCc1nc(CN2CCC(CNC(=NC)NCCCn3nc(C)cc3C)CC2)cs1. The third-order valence-electron chi connectivity index (χ3n) is 5.72. The summed E-state index contributed by atoms with van der Waals surface area (Å²) in [5.74, 6) is 1.61. The van der Waals surface area contributed by atoms with Gasteiger partial charge >= 0.3 is 0 Å². The first-order chi connectivity index (χ1) is 14.6. The molecule has 0 spiro atoms. The molecule has 0 saturated carbocycles. The molecular weight excluding hydrogens is 394 g/mol. The first-order valence-electron chi connectivity index (χ1n) is 11.2. The Morgan fingerprint density at radius 1 is 1.27 bits per heavy atom. The molecule has 0 radical (unpaired) electrons. The molecule has 30 heavy (non-hydrogen) atoms. The van der Waals surface area contributed by atoms with Gasteiger partial charge < -0.3 is 10.6 Å². The quantitative estimate of drug-likeness (QED) is 0.363. The molecule has 1 saturated heterocycles. The molecule has 0 amide bonds. The lowest BCUT2D eigenvalue weighted by molar-refractivity contribution is 0.176. The summed E-state index contributed by atoms with van der Waals surface area (Å²) in [6.45, 7) is 12.4. The summed E-state index contributed by atoms with van der Waals surface area (Å²) in [4.78, 5) is 11.6. The predicted octanol–water partition coefficient (Wildman–Crippen LogP) is 2.99. The van der Waals surface area contributed by atoms with Gasteiger partial charge in [-0.3, -0.25) is 14.6 Å². The van der Waals surface area contributed by atoms with Crippen LogP contribution in [-0.2, 0) is 19.5 Å². The molecule has 8 heteroatoms. The summed E-state index contributed by atoms with van der Waals surface area (Å²) in [6, 6.07) is 2.12. The minimum absolute atomic E-state index is 0.705. The van der Waals surface area contributed by atoms with E-state index in [4.69, 9.17) is 4.98 Å². The van der Waals surface area contributed by atoms with E-state index in [2.05, 4.69) is 55.6 Å². The number of piperidine rings is 1. The number of likely N-dealkylation sites (tertiary alicyclic amines) is 1. The minimum Gasteiger partial charge on any atom is -0.356 e. The van der Waals surface area contributed by atoms with E-state index in [-0.39, 0.29) is 0 Å². The molecule has 2 aromatic rings. The van der Waals surface area contributed by atoms with Gasteiger partial charge in [-0.25, -0.2) is 4.98 Å². The van der Waals surface area contributed by atoms with Crippen LogP contribution >= 0.6 is 11.3 Å². The van der Waals surface area contributed by atoms with Crippen molar-refractivity contribution in [1.82, 2.24) is 30.3 Å². The molecule has 3 rings (SSSR count). The maximum absolute atomic E-state index is 4.71. The van der Waals surface area contributed by atoms with Crippen LogP contribution in [0.1, 0.15) is 48.3 Å². The Balaban J connectivity index is 1.30. The summed E-state index contributed by atoms with van der Waals surface area (Å²) in [5.41, 5.74) is 3.54. The number of guanidine groups is 1. The second kappa shape index (κ2) is 11.5. The Morgan fingerprint density at radius 3 is 2.70 bits per heavy atom. The first-order valence-corrected chi connectivity index (χ1v) is 12.1. The summed E-state index contributed by atoms with van der Waals surface area (Å²) < 4.78 is 2.08. The van der Waals surface area contributed by atoms with E-state index >= 15 is 0 Å². The number of hydrogen-bond acceptors (Lipinski definition) is 5. The fraction of sp³-hybridized carbons (Fsp3) is 0.682. The molecule has 1 aliphatic rings. The average Bonchev–Trinajstić information content (AvgIpc) is 3.33. The lowest BCUT2D eigenvalue weighted by atomic mass is 9.97. The number of nitrogens with one attached hydrogen (secondary N) is 2. The molecule has 0 bridgehead atoms. The standard InChI is InChI=1S/C22H37N7S/c1-5-21-26-20(16-30-21)15-28-11-7-19(8-12-28)14-25-22(23-4)24-9-6-10-29-18(3)13-17(2)27-29/h13,16,19H,5-12,14-15H2,1-4H3,(H2,23,24,25). The van der Waals surface area contributed by atoms with E-state index in [0.717, 1.165) is 63.8 Å². The average molecular weight is 432 g/mol. The summed E-state index contributed by atoms with van der Waals surface area (Å²) >= 11 is 1.79. The highest BCUT2D eigenvalue weighted by molar-refractivity contribution is 7.09. The fourth-order valence-electron chi connectivity index (χ4n) is 3.96. The minimum atomic E-state index is 0.705. The van der Waals surface area contributed by atoms with Crippen LogP contribution in [0.15, 0.2) is 16.4 Å². The Morgan fingerprint density at radius 2 is 2.07 bits per heavy atom. The molecule has 3 heterocycles. The maximum atomic E-state index is 4.71. The van der Waals surface area contributed by atoms with Gasteiger partial charge in [0.2, 0.25) is 0 Å². The van der Waals surface area contributed by atoms with E-state index in [1.54, 1.807) is 11.3 Å². The molecule has 0 atom stereocenters. The Bertz CT molecular complexity index is 802. The first kappa shape index (κ1) is 22.7. The van der Waals surface area contributed by atoms with Gasteiger partial charge in [0.05, 0.1) is 16.4 Å². The molecule has 2 N–H and O–H groups in total. The van der Waals surface area contributed by atoms with Crippen LogP contribution in [0, 0.1) is 19.8 Å². The summed E-state index contributed by atoms with van der Waals surface area (Å²) in [5, 5.41) is 14.9. The van der Waals surface area contributed by atoms with Crippen LogP contribution in [0.4, 0.5) is 0 Å². The predicted molar refractivity (Wildman–Crippen MR) is 125 cm³/mol. The summed E-state index contributed by atoms with van der Waals surface area (Å²) in [6.07, 6.45) is 4.52. The number of aromatic nitrogens is 3. The van der Waals surface area contributed by atoms with Crippen molar-refractivity contribution in [2.75, 3.05) is 33.2 Å². The van der Waals surface area contributed by atoms with E-state index in [9.17, 15) is 0 Å². The van der Waals surface area contributed by atoms with Crippen molar-refractivity contribution in [3.8, 4) is 0 Å². The van der Waals surface area contributed by atoms with Gasteiger partial charge in [0.25, 0.3) is 0 Å². The Labute approximate surface area is 185 Å². The number of rotatable bonds is 9. The number of hydrogen-bond donors (Lipinski definition) is 2. The van der Waals surface area contributed by atoms with Crippen LogP contribution in [0.25, 0.3) is 0 Å². The normalized spacial score (nSPS) is 16.2. The zero-order valence-electron chi connectivity index (χ0n) is 18.9. The van der Waals surface area contributed by atoms with Crippen LogP contribution in [0.5, 0.6) is 0 Å². The molecular formula is C22H37N7S. The van der Waals surface area contributed by atoms with Gasteiger partial charge in [-0.05, 0) is 64.6 Å². The van der Waals surface area contributed by atoms with Crippen molar-refractivity contribution >= 4 is 17.3 Å². The smallest absolute Gasteiger partial charge is 0.190 e. The van der Waals surface area contributed by atoms with Crippen molar-refractivity contribution in [3.63, 3.8) is 0 Å². The lowest BCUT2D eigenvalue weighted by Gasteiger charge is -2.31. The van der Waals surface area contributed by atoms with Crippen LogP contribution in [0.2, 0.25) is 0 Å². The molecule has 1 aliphatic heterocycles. The number of thiazole rings is 1. The molecule has 1 fully saturated rings. The molecule has 0 aliphatic carbocycles. The van der Waals surface area contributed by atoms with Gasteiger partial charge in [0.1, 0.15) is 0 Å². The van der Waals surface area contributed by atoms with Gasteiger partial charge in [-0.15, -0.1) is 11.3 Å². The van der Waals surface area contributed by atoms with Gasteiger partial charge in [-0.2, -0.15) is 5.10 Å². The van der Waals surface area contributed by atoms with Crippen molar-refractivity contribution in [2.24, 2.45) is 10.9 Å². The van der Waals surface area contributed by atoms with E-state index in [0.29, 0.717) is 5.92 Å². The van der Waals surface area contributed by atoms with Gasteiger partial charge in [-0.1, -0.05) is 6.92 Å². The molecule has 0 unspecified atom stereocenters. The van der Waals surface area contributed by atoms with E-state index < -0.39 is 0 Å². The lowest BCUT2D eigenvalue weighted by Crippen LogP contribution is -2.43. The topological polar surface area (TPSA) is 70.4 Å². The van der Waals surface area contributed by atoms with Gasteiger partial charge in [0, 0.05) is 44.3 Å². The third-order valence-corrected chi connectivity index (χ3v) is 6.76. The molecule has 0 aromatic carbocycles. The Kier molecular flexibility index (Phi) is 8.69. The van der Waals surface area contributed by atoms with Crippen molar-refractivity contribution in [2.45, 2.75) is 59.5 Å². The van der Waals surface area contributed by atoms with E-state index in [1.165, 1.54) is 29.2 Å². The van der Waals surface area contributed by atoms with Crippen molar-refractivity contribution < 1.29 is 0 Å². The largest absolute Gasteiger partial charge is 0.356 e. The molecule has 7 nitrogen and oxygen atoms in total. The number of aliphatic imine (C=N–C) groups is 1. The van der Waals surface area contributed by atoms with Crippen molar-refractivity contribution in [1.29, 1.82) is 0 Å². The second-order valence-corrected chi connectivity index (χ2v) is 9.13.